The summed E-state index contributed by atoms with van der Waals surface area (Å²) in [6.45, 7) is 0. The molecule has 0 bridgehead atoms. The third-order valence-corrected chi connectivity index (χ3v) is 7.26. The van der Waals surface area contributed by atoms with Crippen LogP contribution in [-0.4, -0.2) is 0 Å². The number of para-hydroxylation sites is 1. The van der Waals surface area contributed by atoms with Crippen molar-refractivity contribution in [1.82, 2.24) is 0 Å². The number of benzene rings is 7. The first kappa shape index (κ1) is 14.7. The van der Waals surface area contributed by atoms with Crippen molar-refractivity contribution in [2.24, 2.45) is 0 Å². The summed E-state index contributed by atoms with van der Waals surface area (Å²) in [7, 11) is 0. The highest BCUT2D eigenvalue weighted by Gasteiger charge is 2.21. The van der Waals surface area contributed by atoms with Crippen LogP contribution in [0.3, 0.4) is 0 Å². The lowest BCUT2D eigenvalue weighted by Crippen LogP contribution is -1.91. The summed E-state index contributed by atoms with van der Waals surface area (Å²) in [5.74, 6) is 0. The average Bonchev–Trinajstić information content (AvgIpc) is 3.50. The summed E-state index contributed by atoms with van der Waals surface area (Å²) in [5.41, 5.74) is 4.32. The molecule has 0 unspecified atom stereocenters. The maximum Gasteiger partial charge on any atom is 0.143 e. The predicted octanol–water partition coefficient (Wildman–Crippen LogP) is 10.9. The van der Waals surface area contributed by atoms with Crippen molar-refractivity contribution in [3.8, 4) is 33.4 Å². The minimum absolute atomic E-state index is 0.124. The van der Waals surface area contributed by atoms with E-state index in [0.717, 1.165) is 16.5 Å². The van der Waals surface area contributed by atoms with E-state index in [-0.39, 0.29) is 62.9 Å². The molecule has 182 valence electrons. The van der Waals surface area contributed by atoms with Crippen LogP contribution in [0.2, 0.25) is 0 Å². The highest BCUT2D eigenvalue weighted by molar-refractivity contribution is 6.26. The second-order valence-electron chi connectivity index (χ2n) is 9.37. The molecule has 0 N–H and O–H groups in total. The fourth-order valence-electron chi connectivity index (χ4n) is 5.62. The van der Waals surface area contributed by atoms with Crippen LogP contribution in [0.25, 0.3) is 76.9 Å². The number of fused-ring (bicyclic) bond motifs is 5. The molecule has 0 aliphatic rings. The summed E-state index contributed by atoms with van der Waals surface area (Å²) in [6, 6.07) is 24.3. The minimum Gasteiger partial charge on any atom is -0.455 e. The van der Waals surface area contributed by atoms with Gasteiger partial charge in [-0.25, -0.2) is 0 Å². The van der Waals surface area contributed by atoms with Crippen molar-refractivity contribution in [2.45, 2.75) is 0 Å². The molecule has 7 aromatic carbocycles. The summed E-state index contributed by atoms with van der Waals surface area (Å²) < 4.78 is 86.3. The third kappa shape index (κ3) is 3.34. The molecule has 1 nitrogen and oxygen atoms in total. The molecule has 1 heterocycles. The Balaban J connectivity index is 1.70. The maximum atomic E-state index is 9.28. The molecule has 0 spiro atoms. The zero-order valence-corrected chi connectivity index (χ0v) is 20.6. The lowest BCUT2D eigenvalue weighted by atomic mass is 9.84. The van der Waals surface area contributed by atoms with E-state index in [1.54, 1.807) is 24.3 Å². The highest BCUT2D eigenvalue weighted by Crippen LogP contribution is 2.48. The number of hydrogen-bond donors (Lipinski definition) is 0. The van der Waals surface area contributed by atoms with Crippen molar-refractivity contribution in [3.63, 3.8) is 0 Å². The van der Waals surface area contributed by atoms with Crippen molar-refractivity contribution >= 4 is 43.5 Å². The molecule has 0 atom stereocenters. The normalized spacial score (nSPS) is 14.8. The Morgan fingerprint density at radius 1 is 0.436 bits per heavy atom. The van der Waals surface area contributed by atoms with Gasteiger partial charge in [0.25, 0.3) is 0 Å². The number of furan rings is 1. The Kier molecular flexibility index (Phi) is 3.29. The van der Waals surface area contributed by atoms with Crippen LogP contribution >= 0.6 is 0 Å². The van der Waals surface area contributed by atoms with Gasteiger partial charge in [-0.05, 0) is 61.5 Å². The van der Waals surface area contributed by atoms with Gasteiger partial charge in [0.1, 0.15) is 11.2 Å². The zero-order chi connectivity index (χ0) is 33.6. The molecular formula is C38H24O. The molecule has 0 aliphatic carbocycles. The largest absolute Gasteiger partial charge is 0.455 e. The van der Waals surface area contributed by atoms with Gasteiger partial charge >= 0.3 is 0 Å². The topological polar surface area (TPSA) is 13.1 Å². The quantitative estimate of drug-likeness (QED) is 0.218. The summed E-state index contributed by atoms with van der Waals surface area (Å²) in [5, 5.41) is 1.91. The van der Waals surface area contributed by atoms with Crippen molar-refractivity contribution < 1.29 is 16.8 Å². The Morgan fingerprint density at radius 2 is 1.00 bits per heavy atom. The van der Waals surface area contributed by atoms with E-state index in [0.29, 0.717) is 27.7 Å². The SMILES string of the molecule is [2H]c1ccc(-c2c3c([2H])c([2H])c([2H])c([2H])c3c(-c3ccc(-c4ccccc4)c4oc5ccccc5c34)c3c([2H])c([2H])c([2H])c([2H])c23)cc1. The van der Waals surface area contributed by atoms with Gasteiger partial charge < -0.3 is 4.42 Å². The first-order valence-corrected chi connectivity index (χ1v) is 12.6. The number of hydrogen-bond acceptors (Lipinski definition) is 1. The van der Waals surface area contributed by atoms with Crippen LogP contribution < -0.4 is 0 Å². The Morgan fingerprint density at radius 3 is 1.69 bits per heavy atom. The molecule has 8 rings (SSSR count). The van der Waals surface area contributed by atoms with E-state index in [9.17, 15) is 5.48 Å². The van der Waals surface area contributed by atoms with E-state index in [2.05, 4.69) is 0 Å². The van der Waals surface area contributed by atoms with Gasteiger partial charge in [0.2, 0.25) is 0 Å². The monoisotopic (exact) mass is 505 g/mol. The Hall–Kier alpha value is -5.14. The van der Waals surface area contributed by atoms with Crippen LogP contribution in [0.15, 0.2) is 150 Å². The Bertz CT molecular complexity index is 2560. The van der Waals surface area contributed by atoms with Crippen LogP contribution in [0, 0.1) is 0 Å². The van der Waals surface area contributed by atoms with E-state index in [1.165, 1.54) is 0 Å². The maximum absolute atomic E-state index is 9.28. The standard InChI is InChI=1S/C38H24O/c1-3-13-25(14-4-1)27-23-24-33(37-32-21-11-12-22-34(32)39-38(27)37)36-30-19-9-7-17-28(30)35(26-15-5-2-6-16-26)29-18-8-10-20-31(29)36/h1-24H/i2D,7D,8D,9D,10D,17D,18D,19D,20D. The van der Waals surface area contributed by atoms with Crippen molar-refractivity contribution in [3.05, 3.63) is 145 Å². The first-order chi connectivity index (χ1) is 23.1. The molecule has 0 saturated heterocycles. The molecule has 1 aromatic heterocycles. The van der Waals surface area contributed by atoms with Gasteiger partial charge in [0.05, 0.1) is 12.3 Å². The van der Waals surface area contributed by atoms with Crippen LogP contribution in [0.4, 0.5) is 0 Å². The fraction of sp³-hybridized carbons (Fsp3) is 0. The minimum atomic E-state index is -0.463. The summed E-state index contributed by atoms with van der Waals surface area (Å²) >= 11 is 0. The van der Waals surface area contributed by atoms with Gasteiger partial charge in [-0.2, -0.15) is 0 Å². The molecule has 0 aliphatic heterocycles. The van der Waals surface area contributed by atoms with Crippen LogP contribution in [0.1, 0.15) is 12.3 Å². The smallest absolute Gasteiger partial charge is 0.143 e. The third-order valence-electron chi connectivity index (χ3n) is 7.26. The summed E-state index contributed by atoms with van der Waals surface area (Å²) in [4.78, 5) is 0. The molecule has 0 amide bonds. The lowest BCUT2D eigenvalue weighted by Gasteiger charge is -2.18. The lowest BCUT2D eigenvalue weighted by molar-refractivity contribution is 0.670. The van der Waals surface area contributed by atoms with Crippen molar-refractivity contribution in [2.75, 3.05) is 0 Å². The van der Waals surface area contributed by atoms with Gasteiger partial charge in [-0.3, -0.25) is 0 Å². The molecule has 0 fully saturated rings. The number of rotatable bonds is 3. The summed E-state index contributed by atoms with van der Waals surface area (Å²) in [6.07, 6.45) is 0. The van der Waals surface area contributed by atoms with Gasteiger partial charge in [-0.1, -0.05) is 133 Å². The highest BCUT2D eigenvalue weighted by atomic mass is 16.3. The molecule has 8 aromatic rings. The van der Waals surface area contributed by atoms with Crippen molar-refractivity contribution in [1.29, 1.82) is 0 Å². The molecule has 39 heavy (non-hydrogen) atoms. The predicted molar refractivity (Wildman–Crippen MR) is 165 cm³/mol. The Labute approximate surface area is 239 Å². The molecule has 1 heteroatoms. The average molecular weight is 506 g/mol. The van der Waals surface area contributed by atoms with E-state index in [1.807, 2.05) is 66.7 Å². The van der Waals surface area contributed by atoms with E-state index < -0.39 is 24.2 Å². The molecule has 0 saturated carbocycles. The second-order valence-corrected chi connectivity index (χ2v) is 9.37. The molecular weight excluding hydrogens is 472 g/mol. The van der Waals surface area contributed by atoms with Gasteiger partial charge in [-0.15, -0.1) is 0 Å². The van der Waals surface area contributed by atoms with E-state index >= 15 is 0 Å². The first-order valence-electron chi connectivity index (χ1n) is 17.1. The molecule has 0 radical (unpaired) electrons. The van der Waals surface area contributed by atoms with Gasteiger partial charge in [0.15, 0.2) is 0 Å². The fourth-order valence-corrected chi connectivity index (χ4v) is 5.62. The van der Waals surface area contributed by atoms with E-state index in [4.69, 9.17) is 11.3 Å². The zero-order valence-electron chi connectivity index (χ0n) is 29.6. The van der Waals surface area contributed by atoms with Gasteiger partial charge in [0, 0.05) is 16.3 Å². The van der Waals surface area contributed by atoms with Crippen LogP contribution in [-0.2, 0) is 0 Å². The van der Waals surface area contributed by atoms with Crippen LogP contribution in [0.5, 0.6) is 0 Å². The second kappa shape index (κ2) is 8.72.